The summed E-state index contributed by atoms with van der Waals surface area (Å²) in [7, 11) is 0. The van der Waals surface area contributed by atoms with Gasteiger partial charge in [0.15, 0.2) is 0 Å². The van der Waals surface area contributed by atoms with Crippen molar-refractivity contribution in [2.75, 3.05) is 6.61 Å². The SMILES string of the molecule is CC(CC(=O)N[C@@H]1CCC[C@H]1CC(=O)O)NC(=O)OCC1c2ccccc2-c2ccccc21. The first kappa shape index (κ1) is 22.8. The molecule has 0 heterocycles. The number of ether oxygens (including phenoxy) is 1. The number of aliphatic carboxylic acids is 1. The van der Waals surface area contributed by atoms with Crippen LogP contribution in [0.1, 0.15) is 56.1 Å². The van der Waals surface area contributed by atoms with Gasteiger partial charge in [0.1, 0.15) is 6.61 Å². The van der Waals surface area contributed by atoms with Crippen molar-refractivity contribution in [2.45, 2.75) is 57.0 Å². The lowest BCUT2D eigenvalue weighted by atomic mass is 9.98. The maximum Gasteiger partial charge on any atom is 0.407 e. The summed E-state index contributed by atoms with van der Waals surface area (Å²) in [5.41, 5.74) is 4.62. The molecule has 0 spiro atoms. The molecule has 1 fully saturated rings. The van der Waals surface area contributed by atoms with E-state index in [0.29, 0.717) is 0 Å². The maximum absolute atomic E-state index is 12.4. The molecule has 3 N–H and O–H groups in total. The Kier molecular flexibility index (Phi) is 6.96. The van der Waals surface area contributed by atoms with Gasteiger partial charge in [0.2, 0.25) is 5.91 Å². The summed E-state index contributed by atoms with van der Waals surface area (Å²) in [4.78, 5) is 35.8. The van der Waals surface area contributed by atoms with Crippen LogP contribution >= 0.6 is 0 Å². The Bertz CT molecular complexity index is 991. The number of carboxylic acids is 1. The van der Waals surface area contributed by atoms with E-state index in [0.717, 1.165) is 30.4 Å². The Labute approximate surface area is 193 Å². The number of hydrogen-bond acceptors (Lipinski definition) is 4. The number of alkyl carbamates (subject to hydrolysis) is 1. The molecule has 174 valence electrons. The quantitative estimate of drug-likeness (QED) is 0.563. The Morgan fingerprint density at radius 3 is 2.30 bits per heavy atom. The number of rotatable bonds is 8. The van der Waals surface area contributed by atoms with E-state index in [1.807, 2.05) is 24.3 Å². The van der Waals surface area contributed by atoms with Gasteiger partial charge in [-0.1, -0.05) is 55.0 Å². The van der Waals surface area contributed by atoms with Gasteiger partial charge >= 0.3 is 12.1 Å². The van der Waals surface area contributed by atoms with Crippen molar-refractivity contribution in [2.24, 2.45) is 5.92 Å². The average Bonchev–Trinajstić information content (AvgIpc) is 3.33. The highest BCUT2D eigenvalue weighted by molar-refractivity contribution is 5.80. The zero-order valence-corrected chi connectivity index (χ0v) is 18.8. The van der Waals surface area contributed by atoms with Crippen LogP contribution < -0.4 is 10.6 Å². The first-order valence-electron chi connectivity index (χ1n) is 11.5. The molecule has 0 saturated heterocycles. The monoisotopic (exact) mass is 450 g/mol. The highest BCUT2D eigenvalue weighted by Crippen LogP contribution is 2.44. The van der Waals surface area contributed by atoms with Gasteiger partial charge in [-0.3, -0.25) is 9.59 Å². The van der Waals surface area contributed by atoms with Crippen LogP contribution in [-0.4, -0.2) is 41.8 Å². The molecule has 0 aliphatic heterocycles. The molecule has 0 radical (unpaired) electrons. The van der Waals surface area contributed by atoms with Crippen molar-refractivity contribution >= 4 is 18.0 Å². The number of carbonyl (C=O) groups is 3. The van der Waals surface area contributed by atoms with Crippen LogP contribution in [0.5, 0.6) is 0 Å². The standard InChI is InChI=1S/C26H30N2O5/c1-16(13-24(29)28-23-12-6-7-17(23)14-25(30)31)27-26(32)33-15-22-20-10-4-2-8-18(20)19-9-3-5-11-21(19)22/h2-5,8-11,16-17,22-23H,6-7,12-15H2,1H3,(H,27,32)(H,28,29)(H,30,31)/t16?,17-,23+/m0/s1. The van der Waals surface area contributed by atoms with Gasteiger partial charge in [0.05, 0.1) is 6.42 Å². The molecule has 33 heavy (non-hydrogen) atoms. The maximum atomic E-state index is 12.4. The molecule has 3 atom stereocenters. The predicted molar refractivity (Wildman–Crippen MR) is 124 cm³/mol. The number of fused-ring (bicyclic) bond motifs is 3. The zero-order chi connectivity index (χ0) is 23.4. The largest absolute Gasteiger partial charge is 0.481 e. The number of hydrogen-bond donors (Lipinski definition) is 3. The number of amides is 2. The molecule has 2 aliphatic carbocycles. The summed E-state index contributed by atoms with van der Waals surface area (Å²) < 4.78 is 5.54. The smallest absolute Gasteiger partial charge is 0.407 e. The van der Waals surface area contributed by atoms with Crippen LogP contribution in [0, 0.1) is 5.92 Å². The van der Waals surface area contributed by atoms with Gasteiger partial charge in [0.25, 0.3) is 0 Å². The summed E-state index contributed by atoms with van der Waals surface area (Å²) in [5, 5.41) is 14.7. The van der Waals surface area contributed by atoms with E-state index in [4.69, 9.17) is 9.84 Å². The molecule has 2 aliphatic rings. The molecule has 7 heteroatoms. The molecule has 2 aromatic carbocycles. The molecule has 4 rings (SSSR count). The van der Waals surface area contributed by atoms with E-state index in [-0.39, 0.29) is 43.2 Å². The second kappa shape index (κ2) is 10.1. The fraction of sp³-hybridized carbons (Fsp3) is 0.423. The Hall–Kier alpha value is -3.35. The summed E-state index contributed by atoms with van der Waals surface area (Å²) in [6.07, 6.45) is 2.14. The highest BCUT2D eigenvalue weighted by Gasteiger charge is 2.31. The molecule has 2 amide bonds. The third-order valence-electron chi connectivity index (χ3n) is 6.64. The minimum atomic E-state index is -0.841. The van der Waals surface area contributed by atoms with Gasteiger partial charge in [-0.05, 0) is 47.9 Å². The van der Waals surface area contributed by atoms with Crippen molar-refractivity contribution < 1.29 is 24.2 Å². The van der Waals surface area contributed by atoms with Gasteiger partial charge in [-0.2, -0.15) is 0 Å². The van der Waals surface area contributed by atoms with Crippen LogP contribution in [0.2, 0.25) is 0 Å². The van der Waals surface area contributed by atoms with Crippen LogP contribution in [0.4, 0.5) is 4.79 Å². The van der Waals surface area contributed by atoms with Crippen molar-refractivity contribution in [1.82, 2.24) is 10.6 Å². The fourth-order valence-electron chi connectivity index (χ4n) is 5.13. The lowest BCUT2D eigenvalue weighted by molar-refractivity contribution is -0.138. The minimum Gasteiger partial charge on any atom is -0.481 e. The van der Waals surface area contributed by atoms with Crippen LogP contribution in [-0.2, 0) is 14.3 Å². The summed E-state index contributed by atoms with van der Waals surface area (Å²) in [6, 6.07) is 15.8. The Morgan fingerprint density at radius 2 is 1.67 bits per heavy atom. The first-order valence-corrected chi connectivity index (χ1v) is 11.5. The summed E-state index contributed by atoms with van der Waals surface area (Å²) >= 11 is 0. The third-order valence-corrected chi connectivity index (χ3v) is 6.64. The van der Waals surface area contributed by atoms with E-state index in [2.05, 4.69) is 34.9 Å². The molecule has 7 nitrogen and oxygen atoms in total. The minimum absolute atomic E-state index is 0.0183. The lowest BCUT2D eigenvalue weighted by Crippen LogP contribution is -2.42. The van der Waals surface area contributed by atoms with E-state index in [1.165, 1.54) is 11.1 Å². The molecule has 0 bridgehead atoms. The predicted octanol–water partition coefficient (Wildman–Crippen LogP) is 4.06. The van der Waals surface area contributed by atoms with E-state index in [1.54, 1.807) is 6.92 Å². The van der Waals surface area contributed by atoms with E-state index in [9.17, 15) is 14.4 Å². The zero-order valence-electron chi connectivity index (χ0n) is 18.8. The average molecular weight is 451 g/mol. The number of nitrogens with one attached hydrogen (secondary N) is 2. The fourth-order valence-corrected chi connectivity index (χ4v) is 5.13. The number of carbonyl (C=O) groups excluding carboxylic acids is 2. The number of benzene rings is 2. The third kappa shape index (κ3) is 5.35. The summed E-state index contributed by atoms with van der Waals surface area (Å²) in [6.45, 7) is 1.97. The van der Waals surface area contributed by atoms with Crippen molar-refractivity contribution in [1.29, 1.82) is 0 Å². The normalized spacial score (nSPS) is 19.9. The highest BCUT2D eigenvalue weighted by atomic mass is 16.5. The first-order chi connectivity index (χ1) is 15.9. The van der Waals surface area contributed by atoms with Crippen molar-refractivity contribution in [3.63, 3.8) is 0 Å². The van der Waals surface area contributed by atoms with Crippen LogP contribution in [0.3, 0.4) is 0 Å². The van der Waals surface area contributed by atoms with Gasteiger partial charge in [0, 0.05) is 24.4 Å². The van der Waals surface area contributed by atoms with Gasteiger partial charge in [-0.25, -0.2) is 4.79 Å². The molecule has 0 aromatic heterocycles. The molecule has 1 saturated carbocycles. The van der Waals surface area contributed by atoms with Gasteiger partial charge in [-0.15, -0.1) is 0 Å². The topological polar surface area (TPSA) is 105 Å². The summed E-state index contributed by atoms with van der Waals surface area (Å²) in [5.74, 6) is -1.08. The van der Waals surface area contributed by atoms with Crippen LogP contribution in [0.15, 0.2) is 48.5 Å². The lowest BCUT2D eigenvalue weighted by Gasteiger charge is -2.21. The molecular weight excluding hydrogens is 420 g/mol. The Morgan fingerprint density at radius 1 is 1.03 bits per heavy atom. The van der Waals surface area contributed by atoms with Gasteiger partial charge < -0.3 is 20.5 Å². The Balaban J connectivity index is 1.26. The van der Waals surface area contributed by atoms with Crippen molar-refractivity contribution in [3.8, 4) is 11.1 Å². The van der Waals surface area contributed by atoms with E-state index >= 15 is 0 Å². The molecule has 2 aromatic rings. The number of carboxylic acid groups (broad SMARTS) is 1. The molecule has 1 unspecified atom stereocenters. The van der Waals surface area contributed by atoms with Crippen LogP contribution in [0.25, 0.3) is 11.1 Å². The second-order valence-corrected chi connectivity index (χ2v) is 9.04. The van der Waals surface area contributed by atoms with Crippen molar-refractivity contribution in [3.05, 3.63) is 59.7 Å². The second-order valence-electron chi connectivity index (χ2n) is 9.04. The molecular formula is C26H30N2O5. The van der Waals surface area contributed by atoms with E-state index < -0.39 is 18.1 Å².